The number of aromatic nitrogens is 2. The zero-order chi connectivity index (χ0) is 21.0. The summed E-state index contributed by atoms with van der Waals surface area (Å²) < 4.78 is 22.3. The van der Waals surface area contributed by atoms with Crippen LogP contribution in [-0.2, 0) is 13.0 Å². The molecule has 1 aliphatic carbocycles. The number of aliphatic hydroxyl groups is 2. The molecule has 0 spiro atoms. The number of nitrogen functional groups attached to an aromatic ring is 1. The molecule has 0 radical (unpaired) electrons. The molecule has 30 heavy (non-hydrogen) atoms. The largest absolute Gasteiger partial charge is 0.487 e. The fourth-order valence-electron chi connectivity index (χ4n) is 4.76. The fourth-order valence-corrected chi connectivity index (χ4v) is 4.76. The van der Waals surface area contributed by atoms with E-state index < -0.39 is 30.2 Å². The van der Waals surface area contributed by atoms with Crippen molar-refractivity contribution in [3.8, 4) is 5.75 Å². The third-order valence-corrected chi connectivity index (χ3v) is 6.35. The molecule has 0 bridgehead atoms. The van der Waals surface area contributed by atoms with Crippen molar-refractivity contribution in [2.24, 2.45) is 0 Å². The van der Waals surface area contributed by atoms with Crippen LogP contribution in [0.15, 0.2) is 36.7 Å². The number of aliphatic hydroxyl groups excluding tert-OH is 2. The first kappa shape index (κ1) is 19.3. The number of benzene rings is 1. The molecule has 1 aliphatic heterocycles. The third-order valence-electron chi connectivity index (χ3n) is 6.35. The number of anilines is 1. The van der Waals surface area contributed by atoms with E-state index in [4.69, 9.17) is 10.5 Å². The molecule has 1 fully saturated rings. The second-order valence-corrected chi connectivity index (χ2v) is 8.31. The summed E-state index contributed by atoms with van der Waals surface area (Å²) in [7, 11) is 2.08. The summed E-state index contributed by atoms with van der Waals surface area (Å²) in [4.78, 5) is 6.50. The number of hydrogen-bond acceptors (Lipinski definition) is 6. The third kappa shape index (κ3) is 3.03. The van der Waals surface area contributed by atoms with Crippen molar-refractivity contribution >= 4 is 16.7 Å². The van der Waals surface area contributed by atoms with Gasteiger partial charge < -0.3 is 30.2 Å². The molecule has 3 heterocycles. The minimum atomic E-state index is -1.11. The van der Waals surface area contributed by atoms with E-state index in [-0.39, 0.29) is 11.1 Å². The molecule has 8 heteroatoms. The van der Waals surface area contributed by atoms with Gasteiger partial charge in [0, 0.05) is 37.6 Å². The predicted molar refractivity (Wildman–Crippen MR) is 111 cm³/mol. The maximum absolute atomic E-state index is 14.5. The van der Waals surface area contributed by atoms with Gasteiger partial charge in [-0.25, -0.2) is 9.37 Å². The van der Waals surface area contributed by atoms with Gasteiger partial charge in [0.2, 0.25) is 0 Å². The minimum Gasteiger partial charge on any atom is -0.487 e. The number of fused-ring (bicyclic) bond motifs is 2. The molecule has 7 nitrogen and oxygen atoms in total. The maximum Gasteiger partial charge on any atom is 0.152 e. The summed E-state index contributed by atoms with van der Waals surface area (Å²) in [5, 5.41) is 21.7. The average Bonchev–Trinajstić information content (AvgIpc) is 3.20. The van der Waals surface area contributed by atoms with Crippen LogP contribution in [0.2, 0.25) is 0 Å². The lowest BCUT2D eigenvalue weighted by Gasteiger charge is -2.28. The van der Waals surface area contributed by atoms with E-state index >= 15 is 0 Å². The van der Waals surface area contributed by atoms with Crippen LogP contribution in [0.4, 0.5) is 10.1 Å². The van der Waals surface area contributed by atoms with E-state index in [9.17, 15) is 14.6 Å². The zero-order valence-electron chi connectivity index (χ0n) is 16.7. The SMILES string of the molecule is CN1CCc2c(cccc2OC2CC(n3cc(F)c4c(N)ccnc43)[C@H](O)[C@@H]2O)C1. The second-order valence-electron chi connectivity index (χ2n) is 8.31. The van der Waals surface area contributed by atoms with Crippen LogP contribution in [0.3, 0.4) is 0 Å². The van der Waals surface area contributed by atoms with Crippen molar-refractivity contribution in [3.63, 3.8) is 0 Å². The number of rotatable bonds is 3. The van der Waals surface area contributed by atoms with E-state index in [1.165, 1.54) is 24.0 Å². The van der Waals surface area contributed by atoms with Crippen LogP contribution in [-0.4, -0.2) is 56.6 Å². The summed E-state index contributed by atoms with van der Waals surface area (Å²) in [6.07, 6.45) is 1.17. The van der Waals surface area contributed by atoms with Crippen LogP contribution in [0.5, 0.6) is 5.75 Å². The van der Waals surface area contributed by atoms with Gasteiger partial charge in [-0.3, -0.25) is 0 Å². The molecular formula is C22H25FN4O3. The van der Waals surface area contributed by atoms with Crippen LogP contribution < -0.4 is 10.5 Å². The quantitative estimate of drug-likeness (QED) is 0.608. The van der Waals surface area contributed by atoms with Gasteiger partial charge in [0.1, 0.15) is 29.7 Å². The first-order chi connectivity index (χ1) is 14.4. The molecule has 0 saturated heterocycles. The van der Waals surface area contributed by atoms with Gasteiger partial charge in [-0.2, -0.15) is 0 Å². The van der Waals surface area contributed by atoms with Crippen LogP contribution in [0.1, 0.15) is 23.6 Å². The van der Waals surface area contributed by atoms with Crippen molar-refractivity contribution in [2.45, 2.75) is 43.7 Å². The highest BCUT2D eigenvalue weighted by atomic mass is 19.1. The highest BCUT2D eigenvalue weighted by Crippen LogP contribution is 2.38. The Morgan fingerprint density at radius 1 is 1.23 bits per heavy atom. The molecule has 4 N–H and O–H groups in total. The van der Waals surface area contributed by atoms with E-state index in [1.807, 2.05) is 12.1 Å². The molecule has 2 aromatic heterocycles. The first-order valence-corrected chi connectivity index (χ1v) is 10.2. The Hall–Kier alpha value is -2.68. The Kier molecular flexibility index (Phi) is 4.65. The molecule has 2 unspecified atom stereocenters. The lowest BCUT2D eigenvalue weighted by atomic mass is 9.99. The number of halogens is 1. The van der Waals surface area contributed by atoms with E-state index in [0.29, 0.717) is 12.1 Å². The lowest BCUT2D eigenvalue weighted by molar-refractivity contribution is -0.0167. The van der Waals surface area contributed by atoms with Gasteiger partial charge in [-0.15, -0.1) is 0 Å². The minimum absolute atomic E-state index is 0.227. The Morgan fingerprint density at radius 2 is 2.07 bits per heavy atom. The number of likely N-dealkylation sites (N-methyl/N-ethyl adjacent to an activating group) is 1. The number of nitrogens with two attached hydrogens (primary N) is 1. The molecule has 1 aromatic carbocycles. The van der Waals surface area contributed by atoms with Gasteiger partial charge in [0.15, 0.2) is 5.82 Å². The zero-order valence-corrected chi connectivity index (χ0v) is 16.7. The highest BCUT2D eigenvalue weighted by Gasteiger charge is 2.45. The van der Waals surface area contributed by atoms with Gasteiger partial charge in [-0.05, 0) is 36.7 Å². The lowest BCUT2D eigenvalue weighted by Crippen LogP contribution is -2.34. The molecule has 3 aromatic rings. The van der Waals surface area contributed by atoms with Gasteiger partial charge in [0.25, 0.3) is 0 Å². The van der Waals surface area contributed by atoms with Crippen molar-refractivity contribution in [3.05, 3.63) is 53.6 Å². The number of ether oxygens (including phenoxy) is 1. The molecule has 4 atom stereocenters. The molecule has 0 amide bonds. The fraction of sp³-hybridized carbons (Fsp3) is 0.409. The van der Waals surface area contributed by atoms with Gasteiger partial charge >= 0.3 is 0 Å². The molecule has 5 rings (SSSR count). The van der Waals surface area contributed by atoms with Crippen molar-refractivity contribution in [1.82, 2.24) is 14.5 Å². The van der Waals surface area contributed by atoms with E-state index in [0.717, 1.165) is 30.8 Å². The molecule has 158 valence electrons. The van der Waals surface area contributed by atoms with Crippen LogP contribution >= 0.6 is 0 Å². The Balaban J connectivity index is 1.44. The van der Waals surface area contributed by atoms with Crippen LogP contribution in [0, 0.1) is 5.82 Å². The molecule has 1 saturated carbocycles. The number of pyridine rings is 1. The Bertz CT molecular complexity index is 1100. The van der Waals surface area contributed by atoms with Crippen LogP contribution in [0.25, 0.3) is 11.0 Å². The summed E-state index contributed by atoms with van der Waals surface area (Å²) >= 11 is 0. The van der Waals surface area contributed by atoms with E-state index in [2.05, 4.69) is 23.0 Å². The number of hydrogen-bond donors (Lipinski definition) is 3. The van der Waals surface area contributed by atoms with E-state index in [1.54, 1.807) is 4.57 Å². The highest BCUT2D eigenvalue weighted by molar-refractivity contribution is 5.89. The van der Waals surface area contributed by atoms with Crippen molar-refractivity contribution in [1.29, 1.82) is 0 Å². The average molecular weight is 412 g/mol. The predicted octanol–water partition coefficient (Wildman–Crippen LogP) is 1.86. The normalized spacial score (nSPS) is 26.8. The first-order valence-electron chi connectivity index (χ1n) is 10.2. The van der Waals surface area contributed by atoms with Crippen molar-refractivity contribution < 1.29 is 19.3 Å². The molecular weight excluding hydrogens is 387 g/mol. The smallest absolute Gasteiger partial charge is 0.152 e. The Morgan fingerprint density at radius 3 is 2.90 bits per heavy atom. The summed E-state index contributed by atoms with van der Waals surface area (Å²) in [6, 6.07) is 6.91. The van der Waals surface area contributed by atoms with Gasteiger partial charge in [-0.1, -0.05) is 12.1 Å². The van der Waals surface area contributed by atoms with Gasteiger partial charge in [0.05, 0.1) is 11.4 Å². The topological polar surface area (TPSA) is 96.8 Å². The van der Waals surface area contributed by atoms with Crippen molar-refractivity contribution in [2.75, 3.05) is 19.3 Å². The molecule has 2 aliphatic rings. The number of nitrogens with zero attached hydrogens (tertiary/aromatic N) is 3. The Labute approximate surface area is 173 Å². The maximum atomic E-state index is 14.5. The summed E-state index contributed by atoms with van der Waals surface area (Å²) in [6.45, 7) is 1.79. The monoisotopic (exact) mass is 412 g/mol. The second kappa shape index (κ2) is 7.23. The standard InChI is InChI=1S/C22H25FN4O3/c1-26-8-6-13-12(10-26)3-2-4-17(13)30-18-9-16(20(28)21(18)29)27-11-14(23)19-15(24)5-7-25-22(19)27/h2-5,7,11,16,18,20-21,28-29H,6,8-10H2,1H3,(H2,24,25)/t16?,18?,20-,21+/m0/s1. The summed E-state index contributed by atoms with van der Waals surface area (Å²) in [5.41, 5.74) is 8.90. The summed E-state index contributed by atoms with van der Waals surface area (Å²) in [5.74, 6) is 0.242.